The monoisotopic (exact) mass is 356 g/mol. The lowest BCUT2D eigenvalue weighted by Crippen LogP contribution is -2.38. The van der Waals surface area contributed by atoms with Crippen molar-refractivity contribution < 1.29 is 9.72 Å². The van der Waals surface area contributed by atoms with Gasteiger partial charge in [0.2, 0.25) is 0 Å². The quantitative estimate of drug-likeness (QED) is 0.578. The molecule has 1 saturated heterocycles. The third kappa shape index (κ3) is 5.07. The third-order valence-corrected chi connectivity index (χ3v) is 4.00. The standard InChI is InChI=1S/C16H24N4O3.ClH/c1-3-17-12(2)11-18-16(21)13-6-7-14(15(10-13)20(22)23)19-8-4-5-9-19;/h6-7,10,12,17H,3-5,8-9,11H2,1-2H3,(H,18,21);1H/t12-;/m1./s1. The molecule has 2 N–H and O–H groups in total. The van der Waals surface area contributed by atoms with Crippen LogP contribution < -0.4 is 15.5 Å². The molecule has 1 amide bonds. The number of halogens is 1. The van der Waals surface area contributed by atoms with E-state index in [4.69, 9.17) is 0 Å². The van der Waals surface area contributed by atoms with E-state index in [0.717, 1.165) is 32.5 Å². The van der Waals surface area contributed by atoms with E-state index in [0.29, 0.717) is 17.8 Å². The Hall–Kier alpha value is -1.86. The second kappa shape index (κ2) is 9.44. The number of anilines is 1. The molecule has 1 heterocycles. The molecule has 24 heavy (non-hydrogen) atoms. The highest BCUT2D eigenvalue weighted by atomic mass is 35.5. The summed E-state index contributed by atoms with van der Waals surface area (Å²) in [5, 5.41) is 17.3. The maximum Gasteiger partial charge on any atom is 0.293 e. The number of carbonyl (C=O) groups excluding carboxylic acids is 1. The average Bonchev–Trinajstić information content (AvgIpc) is 3.06. The molecule has 8 heteroatoms. The number of rotatable bonds is 7. The zero-order valence-corrected chi connectivity index (χ0v) is 14.9. The molecule has 1 fully saturated rings. The van der Waals surface area contributed by atoms with E-state index in [1.54, 1.807) is 12.1 Å². The zero-order valence-electron chi connectivity index (χ0n) is 14.1. The van der Waals surface area contributed by atoms with Gasteiger partial charge in [-0.3, -0.25) is 14.9 Å². The Labute approximate surface area is 148 Å². The molecule has 0 unspecified atom stereocenters. The van der Waals surface area contributed by atoms with Crippen molar-refractivity contribution in [1.82, 2.24) is 10.6 Å². The summed E-state index contributed by atoms with van der Waals surface area (Å²) in [5.74, 6) is -0.286. The molecular formula is C16H25ClN4O3. The number of hydrogen-bond acceptors (Lipinski definition) is 5. The number of likely N-dealkylation sites (N-methyl/N-ethyl adjacent to an activating group) is 1. The number of nitrogens with one attached hydrogen (secondary N) is 2. The number of carbonyl (C=O) groups is 1. The number of nitro groups is 1. The summed E-state index contributed by atoms with van der Waals surface area (Å²) in [4.78, 5) is 25.1. The first-order chi connectivity index (χ1) is 11.0. The molecule has 0 saturated carbocycles. The molecule has 0 spiro atoms. The van der Waals surface area contributed by atoms with Crippen LogP contribution in [-0.4, -0.2) is 43.1 Å². The lowest BCUT2D eigenvalue weighted by atomic mass is 10.1. The maximum absolute atomic E-state index is 12.2. The van der Waals surface area contributed by atoms with Gasteiger partial charge in [0.1, 0.15) is 5.69 Å². The molecule has 1 aromatic carbocycles. The zero-order chi connectivity index (χ0) is 16.8. The van der Waals surface area contributed by atoms with Gasteiger partial charge >= 0.3 is 0 Å². The minimum Gasteiger partial charge on any atom is -0.366 e. The fraction of sp³-hybridized carbons (Fsp3) is 0.562. The van der Waals surface area contributed by atoms with E-state index in [-0.39, 0.29) is 30.0 Å². The molecule has 0 aliphatic carbocycles. The SMILES string of the molecule is CCN[C@H](C)CNC(=O)c1ccc(N2CCCC2)c([N+](=O)[O-])c1.Cl. The van der Waals surface area contributed by atoms with E-state index in [1.165, 1.54) is 6.07 Å². The summed E-state index contributed by atoms with van der Waals surface area (Å²) in [7, 11) is 0. The Morgan fingerprint density at radius 2 is 2.04 bits per heavy atom. The molecule has 0 bridgehead atoms. The lowest BCUT2D eigenvalue weighted by molar-refractivity contribution is -0.384. The van der Waals surface area contributed by atoms with Crippen LogP contribution in [-0.2, 0) is 0 Å². The van der Waals surface area contributed by atoms with Gasteiger partial charge in [-0.05, 0) is 38.4 Å². The van der Waals surface area contributed by atoms with Gasteiger partial charge in [0.05, 0.1) is 4.92 Å². The summed E-state index contributed by atoms with van der Waals surface area (Å²) < 4.78 is 0. The Bertz CT molecular complexity index is 576. The first-order valence-corrected chi connectivity index (χ1v) is 8.08. The summed E-state index contributed by atoms with van der Waals surface area (Å²) >= 11 is 0. The Morgan fingerprint density at radius 1 is 1.38 bits per heavy atom. The van der Waals surface area contributed by atoms with Gasteiger partial charge in [-0.25, -0.2) is 0 Å². The second-order valence-electron chi connectivity index (χ2n) is 5.82. The van der Waals surface area contributed by atoms with E-state index < -0.39 is 4.92 Å². The first-order valence-electron chi connectivity index (χ1n) is 8.08. The molecule has 2 rings (SSSR count). The third-order valence-electron chi connectivity index (χ3n) is 4.00. The van der Waals surface area contributed by atoms with E-state index in [1.807, 2.05) is 18.7 Å². The van der Waals surface area contributed by atoms with Crippen LogP contribution in [0.25, 0.3) is 0 Å². The van der Waals surface area contributed by atoms with Crippen LogP contribution >= 0.6 is 12.4 Å². The van der Waals surface area contributed by atoms with Crippen LogP contribution in [0.1, 0.15) is 37.0 Å². The lowest BCUT2D eigenvalue weighted by Gasteiger charge is -2.18. The van der Waals surface area contributed by atoms with Crippen LogP contribution in [0, 0.1) is 10.1 Å². The largest absolute Gasteiger partial charge is 0.366 e. The molecule has 1 aliphatic rings. The van der Waals surface area contributed by atoms with Crippen LogP contribution in [0.4, 0.5) is 11.4 Å². The minimum absolute atomic E-state index is 0. The van der Waals surface area contributed by atoms with Crippen LogP contribution in [0.5, 0.6) is 0 Å². The van der Waals surface area contributed by atoms with Gasteiger partial charge < -0.3 is 15.5 Å². The molecule has 1 aromatic rings. The molecule has 1 atom stereocenters. The topological polar surface area (TPSA) is 87.5 Å². The van der Waals surface area contributed by atoms with Crippen LogP contribution in [0.3, 0.4) is 0 Å². The van der Waals surface area contributed by atoms with E-state index in [2.05, 4.69) is 10.6 Å². The Morgan fingerprint density at radius 3 is 2.62 bits per heavy atom. The second-order valence-corrected chi connectivity index (χ2v) is 5.82. The number of benzene rings is 1. The van der Waals surface area contributed by atoms with Crippen molar-refractivity contribution in [3.05, 3.63) is 33.9 Å². The van der Waals surface area contributed by atoms with Crippen molar-refractivity contribution in [3.8, 4) is 0 Å². The fourth-order valence-electron chi connectivity index (χ4n) is 2.80. The Kier molecular flexibility index (Phi) is 7.94. The van der Waals surface area contributed by atoms with Gasteiger partial charge in [0.15, 0.2) is 0 Å². The van der Waals surface area contributed by atoms with Gasteiger partial charge in [-0.1, -0.05) is 6.92 Å². The van der Waals surface area contributed by atoms with Crippen LogP contribution in [0.2, 0.25) is 0 Å². The molecule has 0 radical (unpaired) electrons. The van der Waals surface area contributed by atoms with Gasteiger partial charge in [-0.15, -0.1) is 12.4 Å². The van der Waals surface area contributed by atoms with Crippen molar-refractivity contribution in [2.75, 3.05) is 31.1 Å². The summed E-state index contributed by atoms with van der Waals surface area (Å²) in [5.41, 5.74) is 0.924. The summed E-state index contributed by atoms with van der Waals surface area (Å²) in [6, 6.07) is 4.88. The molecular weight excluding hydrogens is 332 g/mol. The van der Waals surface area contributed by atoms with Crippen molar-refractivity contribution in [1.29, 1.82) is 0 Å². The van der Waals surface area contributed by atoms with E-state index in [9.17, 15) is 14.9 Å². The van der Waals surface area contributed by atoms with Gasteiger partial charge in [0.25, 0.3) is 11.6 Å². The molecule has 0 aromatic heterocycles. The van der Waals surface area contributed by atoms with Crippen LogP contribution in [0.15, 0.2) is 18.2 Å². The van der Waals surface area contributed by atoms with Gasteiger partial charge in [0, 0.05) is 37.3 Å². The molecule has 134 valence electrons. The number of nitro benzene ring substituents is 1. The van der Waals surface area contributed by atoms with Crippen molar-refractivity contribution in [3.63, 3.8) is 0 Å². The molecule has 7 nitrogen and oxygen atoms in total. The minimum atomic E-state index is -0.411. The normalized spacial score (nSPS) is 14.8. The number of nitrogens with zero attached hydrogens (tertiary/aromatic N) is 2. The predicted octanol–water partition coefficient (Wildman–Crippen LogP) is 2.34. The highest BCUT2D eigenvalue weighted by Crippen LogP contribution is 2.31. The highest BCUT2D eigenvalue weighted by Gasteiger charge is 2.23. The molecule has 1 aliphatic heterocycles. The first kappa shape index (κ1) is 20.2. The summed E-state index contributed by atoms with van der Waals surface area (Å²) in [6.45, 7) is 6.93. The maximum atomic E-state index is 12.2. The smallest absolute Gasteiger partial charge is 0.293 e. The fourth-order valence-corrected chi connectivity index (χ4v) is 2.80. The summed E-state index contributed by atoms with van der Waals surface area (Å²) in [6.07, 6.45) is 2.09. The average molecular weight is 357 g/mol. The predicted molar refractivity (Wildman–Crippen MR) is 97.3 cm³/mol. The van der Waals surface area contributed by atoms with Crippen molar-refractivity contribution in [2.24, 2.45) is 0 Å². The van der Waals surface area contributed by atoms with Gasteiger partial charge in [-0.2, -0.15) is 0 Å². The highest BCUT2D eigenvalue weighted by molar-refractivity contribution is 5.95. The Balaban J connectivity index is 0.00000288. The van der Waals surface area contributed by atoms with Crippen molar-refractivity contribution >= 4 is 29.7 Å². The van der Waals surface area contributed by atoms with E-state index >= 15 is 0 Å². The van der Waals surface area contributed by atoms with Crippen molar-refractivity contribution in [2.45, 2.75) is 32.7 Å². The number of hydrogen-bond donors (Lipinski definition) is 2. The number of amides is 1.